The zero-order chi connectivity index (χ0) is 24.1. The predicted molar refractivity (Wildman–Crippen MR) is 137 cm³/mol. The predicted octanol–water partition coefficient (Wildman–Crippen LogP) is 2.43. The van der Waals surface area contributed by atoms with Crippen molar-refractivity contribution in [3.63, 3.8) is 0 Å². The van der Waals surface area contributed by atoms with Crippen LogP contribution in [0.15, 0.2) is 35.5 Å². The lowest BCUT2D eigenvalue weighted by Crippen LogP contribution is -2.36. The van der Waals surface area contributed by atoms with Crippen LogP contribution in [-0.2, 0) is 17.9 Å². The molecule has 0 aliphatic carbocycles. The van der Waals surface area contributed by atoms with Crippen molar-refractivity contribution in [3.05, 3.63) is 52.2 Å². The van der Waals surface area contributed by atoms with Crippen LogP contribution < -0.4 is 32.1 Å². The molecule has 0 atom stereocenters. The molecule has 1 aromatic heterocycles. The molecular weight excluding hydrogens is 414 g/mol. The van der Waals surface area contributed by atoms with E-state index in [2.05, 4.69) is 42.4 Å². The van der Waals surface area contributed by atoms with Gasteiger partial charge in [-0.05, 0) is 35.8 Å². The Morgan fingerprint density at radius 2 is 2.00 bits per heavy atom. The van der Waals surface area contributed by atoms with Crippen LogP contribution in [0.3, 0.4) is 0 Å². The van der Waals surface area contributed by atoms with E-state index in [1.165, 1.54) is 12.8 Å². The summed E-state index contributed by atoms with van der Waals surface area (Å²) in [7, 11) is 1.69. The van der Waals surface area contributed by atoms with Crippen LogP contribution in [0.1, 0.15) is 57.1 Å². The number of nitrogens with two attached hydrogens (primary N) is 2. The summed E-state index contributed by atoms with van der Waals surface area (Å²) < 4.78 is 13.4. The van der Waals surface area contributed by atoms with Gasteiger partial charge < -0.3 is 30.8 Å². The minimum absolute atomic E-state index is 0.510. The van der Waals surface area contributed by atoms with Gasteiger partial charge in [-0.3, -0.25) is 0 Å². The monoisotopic (exact) mass is 455 g/mol. The van der Waals surface area contributed by atoms with E-state index in [1.807, 2.05) is 18.3 Å². The molecule has 7 nitrogen and oxygen atoms in total. The van der Waals surface area contributed by atoms with Crippen molar-refractivity contribution in [1.29, 1.82) is 0 Å². The average molecular weight is 456 g/mol. The Bertz CT molecular complexity index is 997. The highest BCUT2D eigenvalue weighted by molar-refractivity contribution is 5.83. The number of aromatic nitrogens is 1. The first-order valence-corrected chi connectivity index (χ1v) is 11.9. The molecule has 5 N–H and O–H groups in total. The smallest absolute Gasteiger partial charge is 0.152 e. The van der Waals surface area contributed by atoms with E-state index in [0.717, 1.165) is 59.1 Å². The molecular formula is C26H41N5O2. The van der Waals surface area contributed by atoms with E-state index in [-0.39, 0.29) is 0 Å². The minimum Gasteiger partial charge on any atom is -0.496 e. The molecule has 1 aromatic carbocycles. The summed E-state index contributed by atoms with van der Waals surface area (Å²) in [6.07, 6.45) is 7.17. The van der Waals surface area contributed by atoms with Crippen LogP contribution >= 0.6 is 0 Å². The molecule has 0 saturated heterocycles. The van der Waals surface area contributed by atoms with Crippen LogP contribution in [0, 0.1) is 0 Å². The molecule has 182 valence electrons. The average Bonchev–Trinajstić information content (AvgIpc) is 3.16. The van der Waals surface area contributed by atoms with E-state index < -0.39 is 0 Å². The highest BCUT2D eigenvalue weighted by Gasteiger charge is 2.10. The van der Waals surface area contributed by atoms with Crippen molar-refractivity contribution in [2.24, 2.45) is 16.5 Å². The zero-order valence-electron chi connectivity index (χ0n) is 20.5. The normalized spacial score (nSPS) is 12.7. The second-order valence-corrected chi connectivity index (χ2v) is 8.14. The summed E-state index contributed by atoms with van der Waals surface area (Å²) in [5.41, 5.74) is 13.8. The van der Waals surface area contributed by atoms with Crippen molar-refractivity contribution in [2.45, 2.75) is 59.1 Å². The fourth-order valence-electron chi connectivity index (χ4n) is 3.62. The molecule has 0 aliphatic rings. The second-order valence-electron chi connectivity index (χ2n) is 8.14. The second kappa shape index (κ2) is 14.4. The van der Waals surface area contributed by atoms with Crippen LogP contribution in [0.5, 0.6) is 5.75 Å². The molecule has 2 aromatic rings. The maximum absolute atomic E-state index is 6.21. The molecule has 0 unspecified atom stereocenters. The number of benzene rings is 1. The van der Waals surface area contributed by atoms with E-state index in [4.69, 9.17) is 25.9 Å². The van der Waals surface area contributed by atoms with Gasteiger partial charge in [0, 0.05) is 31.3 Å². The Hall–Kier alpha value is -2.77. The molecule has 0 aliphatic heterocycles. The van der Waals surface area contributed by atoms with Gasteiger partial charge >= 0.3 is 0 Å². The molecule has 0 radical (unpaired) electrons. The number of hydrogen-bond acceptors (Lipinski definition) is 5. The highest BCUT2D eigenvalue weighted by atomic mass is 16.5. The minimum atomic E-state index is 0.510. The third-order valence-corrected chi connectivity index (χ3v) is 5.33. The fraction of sp³-hybridized carbons (Fsp3) is 0.500. The van der Waals surface area contributed by atoms with Gasteiger partial charge in [0.15, 0.2) is 5.82 Å². The molecule has 33 heavy (non-hydrogen) atoms. The highest BCUT2D eigenvalue weighted by Crippen LogP contribution is 2.21. The van der Waals surface area contributed by atoms with Crippen LogP contribution in [0.2, 0.25) is 0 Å². The molecule has 0 amide bonds. The Morgan fingerprint density at radius 1 is 1.18 bits per heavy atom. The summed E-state index contributed by atoms with van der Waals surface area (Å²) in [5.74, 6) is 2.22. The van der Waals surface area contributed by atoms with Gasteiger partial charge in [-0.25, -0.2) is 4.99 Å². The zero-order valence-corrected chi connectivity index (χ0v) is 20.5. The van der Waals surface area contributed by atoms with Gasteiger partial charge in [0.1, 0.15) is 11.6 Å². The van der Waals surface area contributed by atoms with Gasteiger partial charge in [0.05, 0.1) is 32.2 Å². The Labute approximate surface area is 198 Å². The number of nitrogens with zero attached hydrogens (tertiary/aromatic N) is 2. The van der Waals surface area contributed by atoms with Crippen LogP contribution in [0.4, 0.5) is 0 Å². The summed E-state index contributed by atoms with van der Waals surface area (Å²) in [4.78, 5) is 4.75. The van der Waals surface area contributed by atoms with Crippen molar-refractivity contribution >= 4 is 18.2 Å². The van der Waals surface area contributed by atoms with Crippen molar-refractivity contribution in [3.8, 4) is 5.75 Å². The first-order valence-electron chi connectivity index (χ1n) is 11.9. The number of amidine groups is 1. The lowest BCUT2D eigenvalue weighted by atomic mass is 10.1. The van der Waals surface area contributed by atoms with E-state index in [0.29, 0.717) is 32.1 Å². The van der Waals surface area contributed by atoms with Crippen LogP contribution in [-0.4, -0.2) is 37.2 Å². The van der Waals surface area contributed by atoms with Crippen molar-refractivity contribution < 1.29 is 9.47 Å². The number of ether oxygens (including phenoxy) is 2. The largest absolute Gasteiger partial charge is 0.496 e. The lowest BCUT2D eigenvalue weighted by molar-refractivity contribution is 0.128. The number of nitrogens with one attached hydrogen (secondary N) is 1. The molecule has 0 bridgehead atoms. The van der Waals surface area contributed by atoms with Gasteiger partial charge in [-0.2, -0.15) is 0 Å². The van der Waals surface area contributed by atoms with E-state index in [9.17, 15) is 0 Å². The topological polar surface area (TPSA) is 99.8 Å². The van der Waals surface area contributed by atoms with E-state index >= 15 is 0 Å². The third-order valence-electron chi connectivity index (χ3n) is 5.33. The van der Waals surface area contributed by atoms with Crippen molar-refractivity contribution in [1.82, 2.24) is 9.88 Å². The number of methoxy groups -OCH3 is 1. The van der Waals surface area contributed by atoms with Gasteiger partial charge in [-0.15, -0.1) is 0 Å². The summed E-state index contributed by atoms with van der Waals surface area (Å²) >= 11 is 0. The summed E-state index contributed by atoms with van der Waals surface area (Å²) in [6.45, 7) is 11.6. The molecule has 0 spiro atoms. The standard InChI is InChI=1S/C26H41N5O2/c1-5-7-8-14-29-26(30-24(28)9-6-2)25-20(3)12-15-31(25)18-22-11-10-21(17-23(22)32-4)19-33-16-13-27/h10-12,15,17,29H,3,5-9,13-14,16,18-19,27H2,1-2,4H3,(H2,28,30)/b26-25+. The van der Waals surface area contributed by atoms with Gasteiger partial charge in [0.2, 0.25) is 0 Å². The maximum atomic E-state index is 6.21. The Morgan fingerprint density at radius 3 is 2.70 bits per heavy atom. The first-order chi connectivity index (χ1) is 16.0. The van der Waals surface area contributed by atoms with Crippen molar-refractivity contribution in [2.75, 3.05) is 26.8 Å². The quantitative estimate of drug-likeness (QED) is 0.218. The number of unbranched alkanes of at least 4 members (excludes halogenated alkanes) is 2. The maximum Gasteiger partial charge on any atom is 0.152 e. The third kappa shape index (κ3) is 8.26. The molecule has 0 fully saturated rings. The Balaban J connectivity index is 2.41. The number of rotatable bonds is 15. The number of hydrogen-bond donors (Lipinski definition) is 3. The number of aliphatic imine (C=N–C) groups is 1. The van der Waals surface area contributed by atoms with Gasteiger partial charge in [0.25, 0.3) is 0 Å². The van der Waals surface area contributed by atoms with Gasteiger partial charge in [-0.1, -0.05) is 45.4 Å². The molecule has 7 heteroatoms. The van der Waals surface area contributed by atoms with Crippen LogP contribution in [0.25, 0.3) is 12.4 Å². The summed E-state index contributed by atoms with van der Waals surface area (Å²) in [6, 6.07) is 8.17. The molecule has 1 heterocycles. The lowest BCUT2D eigenvalue weighted by Gasteiger charge is -2.14. The Kier molecular flexibility index (Phi) is 11.6. The first kappa shape index (κ1) is 26.5. The summed E-state index contributed by atoms with van der Waals surface area (Å²) in [5, 5.41) is 5.37. The fourth-order valence-corrected chi connectivity index (χ4v) is 3.62. The van der Waals surface area contributed by atoms with E-state index in [1.54, 1.807) is 7.11 Å². The molecule has 0 saturated carbocycles. The SMILES string of the molecule is C=c1ccn(Cc2ccc(COCCN)cc2OC)/c1=C(/N=C(/N)CCC)NCCCCC. The molecule has 2 rings (SSSR count).